The number of nitrogens with one attached hydrogen (secondary N) is 1. The first kappa shape index (κ1) is 14.1. The molecule has 3 N–H and O–H groups in total. The SMILES string of the molecule is NS(=O)(=O)CCNCc1cccc2c1OCCCO2. The van der Waals surface area contributed by atoms with Gasteiger partial charge in [0.15, 0.2) is 11.5 Å². The Morgan fingerprint density at radius 1 is 1.26 bits per heavy atom. The van der Waals surface area contributed by atoms with Crippen LogP contribution in [-0.4, -0.2) is 33.9 Å². The summed E-state index contributed by atoms with van der Waals surface area (Å²) in [5.74, 6) is 1.39. The molecule has 0 unspecified atom stereocenters. The minimum absolute atomic E-state index is 0.0839. The summed E-state index contributed by atoms with van der Waals surface area (Å²) >= 11 is 0. The number of sulfonamides is 1. The molecule has 106 valence electrons. The fraction of sp³-hybridized carbons (Fsp3) is 0.500. The van der Waals surface area contributed by atoms with Crippen molar-refractivity contribution >= 4 is 10.0 Å². The van der Waals surface area contributed by atoms with Gasteiger partial charge in [0.2, 0.25) is 10.0 Å². The third-order valence-electron chi connectivity index (χ3n) is 2.73. The number of ether oxygens (including phenoxy) is 2. The van der Waals surface area contributed by atoms with Gasteiger partial charge in [0.05, 0.1) is 19.0 Å². The van der Waals surface area contributed by atoms with E-state index >= 15 is 0 Å². The molecule has 0 fully saturated rings. The van der Waals surface area contributed by atoms with Crippen LogP contribution in [0, 0.1) is 0 Å². The molecule has 1 aliphatic heterocycles. The van der Waals surface area contributed by atoms with E-state index in [1.165, 1.54) is 0 Å². The van der Waals surface area contributed by atoms with Gasteiger partial charge in [-0.25, -0.2) is 13.6 Å². The summed E-state index contributed by atoms with van der Waals surface area (Å²) in [6, 6.07) is 5.69. The van der Waals surface area contributed by atoms with Crippen LogP contribution in [0.2, 0.25) is 0 Å². The van der Waals surface area contributed by atoms with Crippen LogP contribution in [0.25, 0.3) is 0 Å². The van der Waals surface area contributed by atoms with Gasteiger partial charge in [0, 0.05) is 25.1 Å². The Morgan fingerprint density at radius 2 is 2.05 bits per heavy atom. The van der Waals surface area contributed by atoms with Gasteiger partial charge in [-0.2, -0.15) is 0 Å². The van der Waals surface area contributed by atoms with Crippen molar-refractivity contribution in [1.29, 1.82) is 0 Å². The summed E-state index contributed by atoms with van der Waals surface area (Å²) in [5.41, 5.74) is 0.953. The molecule has 1 aromatic carbocycles. The number of nitrogens with two attached hydrogens (primary N) is 1. The van der Waals surface area contributed by atoms with Crippen LogP contribution in [-0.2, 0) is 16.6 Å². The molecule has 0 saturated heterocycles. The molecular weight excluding hydrogens is 268 g/mol. The monoisotopic (exact) mass is 286 g/mol. The maximum atomic E-state index is 10.8. The molecule has 0 aliphatic carbocycles. The summed E-state index contributed by atoms with van der Waals surface area (Å²) in [6.45, 7) is 2.10. The van der Waals surface area contributed by atoms with E-state index in [-0.39, 0.29) is 5.75 Å². The first-order chi connectivity index (χ1) is 9.06. The highest BCUT2D eigenvalue weighted by molar-refractivity contribution is 7.89. The maximum Gasteiger partial charge on any atom is 0.210 e. The van der Waals surface area contributed by atoms with E-state index in [0.29, 0.717) is 26.3 Å². The van der Waals surface area contributed by atoms with Crippen LogP contribution < -0.4 is 19.9 Å². The van der Waals surface area contributed by atoms with Crippen LogP contribution in [0.15, 0.2) is 18.2 Å². The first-order valence-electron chi connectivity index (χ1n) is 6.15. The van der Waals surface area contributed by atoms with E-state index in [4.69, 9.17) is 14.6 Å². The Morgan fingerprint density at radius 3 is 2.84 bits per heavy atom. The normalized spacial score (nSPS) is 15.0. The summed E-state index contributed by atoms with van der Waals surface area (Å²) in [6.07, 6.45) is 0.854. The van der Waals surface area contributed by atoms with Crippen LogP contribution in [0.1, 0.15) is 12.0 Å². The molecule has 6 nitrogen and oxygen atoms in total. The fourth-order valence-corrected chi connectivity index (χ4v) is 2.26. The lowest BCUT2D eigenvalue weighted by Crippen LogP contribution is -2.26. The topological polar surface area (TPSA) is 90.7 Å². The molecule has 1 heterocycles. The lowest BCUT2D eigenvalue weighted by Gasteiger charge is -2.12. The number of hydrogen-bond donors (Lipinski definition) is 2. The van der Waals surface area contributed by atoms with Crippen molar-refractivity contribution in [3.8, 4) is 11.5 Å². The quantitative estimate of drug-likeness (QED) is 0.756. The first-order valence-corrected chi connectivity index (χ1v) is 7.86. The van der Waals surface area contributed by atoms with Gasteiger partial charge in [0.1, 0.15) is 0 Å². The molecule has 0 amide bonds. The van der Waals surface area contributed by atoms with E-state index in [1.54, 1.807) is 0 Å². The van der Waals surface area contributed by atoms with Crippen molar-refractivity contribution in [3.63, 3.8) is 0 Å². The van der Waals surface area contributed by atoms with Gasteiger partial charge in [0.25, 0.3) is 0 Å². The van der Waals surface area contributed by atoms with Crippen molar-refractivity contribution in [1.82, 2.24) is 5.32 Å². The third kappa shape index (κ3) is 4.38. The Kier molecular flexibility index (Phi) is 4.62. The number of fused-ring (bicyclic) bond motifs is 1. The number of rotatable bonds is 5. The molecule has 7 heteroatoms. The Bertz CT molecular complexity index is 531. The van der Waals surface area contributed by atoms with E-state index in [0.717, 1.165) is 23.5 Å². The molecule has 1 aromatic rings. The molecule has 0 saturated carbocycles. The van der Waals surface area contributed by atoms with Crippen LogP contribution in [0.4, 0.5) is 0 Å². The second-order valence-corrected chi connectivity index (χ2v) is 6.07. The molecule has 0 radical (unpaired) electrons. The van der Waals surface area contributed by atoms with Crippen molar-refractivity contribution in [3.05, 3.63) is 23.8 Å². The Labute approximate surface area is 112 Å². The second-order valence-electron chi connectivity index (χ2n) is 4.34. The molecule has 19 heavy (non-hydrogen) atoms. The summed E-state index contributed by atoms with van der Waals surface area (Å²) < 4.78 is 32.9. The third-order valence-corrected chi connectivity index (χ3v) is 3.51. The van der Waals surface area contributed by atoms with E-state index in [9.17, 15) is 8.42 Å². The standard InChI is InChI=1S/C12H18N2O4S/c13-19(15,16)8-5-14-9-10-3-1-4-11-12(10)18-7-2-6-17-11/h1,3-4,14H,2,5-9H2,(H2,13,15,16). The average Bonchev–Trinajstić information content (AvgIpc) is 2.59. The smallest absolute Gasteiger partial charge is 0.210 e. The highest BCUT2D eigenvalue weighted by atomic mass is 32.2. The largest absolute Gasteiger partial charge is 0.490 e. The van der Waals surface area contributed by atoms with Gasteiger partial charge in [-0.1, -0.05) is 12.1 Å². The summed E-state index contributed by atoms with van der Waals surface area (Å²) in [5, 5.41) is 7.97. The molecule has 0 atom stereocenters. The number of benzene rings is 1. The zero-order valence-electron chi connectivity index (χ0n) is 10.6. The Balaban J connectivity index is 1.97. The highest BCUT2D eigenvalue weighted by Crippen LogP contribution is 2.32. The van der Waals surface area contributed by atoms with Crippen molar-refractivity contribution < 1.29 is 17.9 Å². The summed E-state index contributed by atoms with van der Waals surface area (Å²) in [4.78, 5) is 0. The van der Waals surface area contributed by atoms with Crippen molar-refractivity contribution in [2.45, 2.75) is 13.0 Å². The second kappa shape index (κ2) is 6.23. The predicted octanol–water partition coefficient (Wildman–Crippen LogP) is 0.226. The number of primary sulfonamides is 1. The van der Waals surface area contributed by atoms with E-state index in [1.807, 2.05) is 18.2 Å². The number of para-hydroxylation sites is 1. The lowest BCUT2D eigenvalue weighted by atomic mass is 10.2. The van der Waals surface area contributed by atoms with Gasteiger partial charge in [-0.3, -0.25) is 0 Å². The minimum Gasteiger partial charge on any atom is -0.490 e. The average molecular weight is 286 g/mol. The molecule has 0 aromatic heterocycles. The van der Waals surface area contributed by atoms with Gasteiger partial charge in [-0.15, -0.1) is 0 Å². The molecular formula is C12H18N2O4S. The minimum atomic E-state index is -3.42. The van der Waals surface area contributed by atoms with Gasteiger partial charge >= 0.3 is 0 Å². The van der Waals surface area contributed by atoms with Crippen LogP contribution in [0.3, 0.4) is 0 Å². The molecule has 1 aliphatic rings. The van der Waals surface area contributed by atoms with Gasteiger partial charge in [-0.05, 0) is 6.07 Å². The summed E-state index contributed by atoms with van der Waals surface area (Å²) in [7, 11) is -3.42. The molecule has 0 bridgehead atoms. The highest BCUT2D eigenvalue weighted by Gasteiger charge is 2.14. The molecule has 2 rings (SSSR count). The van der Waals surface area contributed by atoms with Gasteiger partial charge < -0.3 is 14.8 Å². The lowest BCUT2D eigenvalue weighted by molar-refractivity contribution is 0.296. The van der Waals surface area contributed by atoms with Crippen molar-refractivity contribution in [2.75, 3.05) is 25.5 Å². The van der Waals surface area contributed by atoms with E-state index < -0.39 is 10.0 Å². The van der Waals surface area contributed by atoms with Crippen LogP contribution >= 0.6 is 0 Å². The molecule has 0 spiro atoms. The zero-order chi connectivity index (χ0) is 13.7. The fourth-order valence-electron chi connectivity index (χ4n) is 1.83. The Hall–Kier alpha value is -1.31. The maximum absolute atomic E-state index is 10.8. The van der Waals surface area contributed by atoms with E-state index in [2.05, 4.69) is 5.32 Å². The van der Waals surface area contributed by atoms with Crippen molar-refractivity contribution in [2.24, 2.45) is 5.14 Å². The predicted molar refractivity (Wildman–Crippen MR) is 71.7 cm³/mol. The zero-order valence-corrected chi connectivity index (χ0v) is 11.4. The van der Waals surface area contributed by atoms with Crippen LogP contribution in [0.5, 0.6) is 11.5 Å². The number of hydrogen-bond acceptors (Lipinski definition) is 5.